The van der Waals surface area contributed by atoms with Crippen LogP contribution in [0.25, 0.3) is 22.0 Å². The molecule has 0 fully saturated rings. The van der Waals surface area contributed by atoms with E-state index in [-0.39, 0.29) is 5.88 Å². The Balaban J connectivity index is 1.69. The molecule has 5 rings (SSSR count). The maximum Gasteiger partial charge on any atom is 0.417 e. The van der Waals surface area contributed by atoms with Gasteiger partial charge in [-0.2, -0.15) is 0 Å². The molecular weight excluding hydrogens is 440 g/mol. The number of rotatable bonds is 6. The number of aromatic amines is 2. The molecule has 0 bridgehead atoms. The lowest BCUT2D eigenvalue weighted by atomic mass is 10.0. The zero-order valence-electron chi connectivity index (χ0n) is 17.8. The van der Waals surface area contributed by atoms with Crippen LogP contribution in [0.5, 0.6) is 5.88 Å². The molecule has 0 radical (unpaired) electrons. The summed E-state index contributed by atoms with van der Waals surface area (Å²) in [7, 11) is 0. The standard InChI is InChI=1S/C25H21ClN4O3/c1-2-27-13-14-3-7-17(8-4-14)28-23(15-5-10-19-21(11-15)33-25(32)30-19)22-18-9-6-16(26)12-20(18)29-24(22)31/h3-12,27,29,31H,2,13H2,1H3,(H,30,32). The molecule has 2 heterocycles. The fraction of sp³-hybridized carbons (Fsp3) is 0.120. The van der Waals surface area contributed by atoms with Crippen LogP contribution in [0.1, 0.15) is 23.6 Å². The number of halogens is 1. The number of aliphatic imine (C=N–C) groups is 1. The van der Waals surface area contributed by atoms with Crippen LogP contribution in [0.2, 0.25) is 5.02 Å². The number of H-pyrrole nitrogens is 2. The van der Waals surface area contributed by atoms with E-state index in [1.807, 2.05) is 36.4 Å². The van der Waals surface area contributed by atoms with Gasteiger partial charge in [-0.15, -0.1) is 0 Å². The van der Waals surface area contributed by atoms with Crippen molar-refractivity contribution in [2.75, 3.05) is 6.54 Å². The Bertz CT molecular complexity index is 1540. The second kappa shape index (κ2) is 8.61. The smallest absolute Gasteiger partial charge is 0.417 e. The molecule has 0 spiro atoms. The highest BCUT2D eigenvalue weighted by Crippen LogP contribution is 2.33. The molecule has 2 aromatic heterocycles. The molecule has 0 aliphatic heterocycles. The summed E-state index contributed by atoms with van der Waals surface area (Å²) < 4.78 is 5.25. The van der Waals surface area contributed by atoms with Gasteiger partial charge in [0.25, 0.3) is 0 Å². The van der Waals surface area contributed by atoms with Crippen LogP contribution in [0, 0.1) is 0 Å². The van der Waals surface area contributed by atoms with Crippen molar-refractivity contribution < 1.29 is 9.52 Å². The Morgan fingerprint density at radius 3 is 2.67 bits per heavy atom. The number of hydrogen-bond acceptors (Lipinski definition) is 5. The van der Waals surface area contributed by atoms with Gasteiger partial charge in [0.15, 0.2) is 11.5 Å². The SMILES string of the molecule is CCNCc1ccc(N=C(c2ccc3[nH]c(=O)oc3c2)c2c(O)[nH]c3cc(Cl)ccc23)cc1. The molecule has 0 aliphatic carbocycles. The van der Waals surface area contributed by atoms with Crippen LogP contribution in [0.15, 0.2) is 74.9 Å². The molecule has 8 heteroatoms. The number of hydrogen-bond donors (Lipinski definition) is 4. The Morgan fingerprint density at radius 2 is 1.88 bits per heavy atom. The summed E-state index contributed by atoms with van der Waals surface area (Å²) >= 11 is 6.14. The Morgan fingerprint density at radius 1 is 1.06 bits per heavy atom. The monoisotopic (exact) mass is 460 g/mol. The van der Waals surface area contributed by atoms with Crippen molar-refractivity contribution in [3.05, 3.63) is 92.9 Å². The summed E-state index contributed by atoms with van der Waals surface area (Å²) in [5.41, 5.74) is 5.33. The van der Waals surface area contributed by atoms with E-state index in [4.69, 9.17) is 21.0 Å². The van der Waals surface area contributed by atoms with Crippen molar-refractivity contribution in [2.45, 2.75) is 13.5 Å². The summed E-state index contributed by atoms with van der Waals surface area (Å²) in [6.45, 7) is 3.74. The molecule has 7 nitrogen and oxygen atoms in total. The molecule has 33 heavy (non-hydrogen) atoms. The lowest BCUT2D eigenvalue weighted by Gasteiger charge is -2.09. The zero-order chi connectivity index (χ0) is 22.9. The number of nitrogens with one attached hydrogen (secondary N) is 3. The van der Waals surface area contributed by atoms with Gasteiger partial charge >= 0.3 is 5.76 Å². The van der Waals surface area contributed by atoms with E-state index in [1.165, 1.54) is 0 Å². The summed E-state index contributed by atoms with van der Waals surface area (Å²) in [5.74, 6) is -0.549. The van der Waals surface area contributed by atoms with Gasteiger partial charge in [0, 0.05) is 22.5 Å². The molecule has 166 valence electrons. The average molecular weight is 461 g/mol. The average Bonchev–Trinajstić information content (AvgIpc) is 3.33. The largest absolute Gasteiger partial charge is 0.494 e. The van der Waals surface area contributed by atoms with E-state index < -0.39 is 5.76 Å². The molecule has 0 aliphatic rings. The van der Waals surface area contributed by atoms with E-state index in [9.17, 15) is 9.90 Å². The number of nitrogens with zero attached hydrogens (tertiary/aromatic N) is 1. The molecule has 3 aromatic carbocycles. The number of aromatic nitrogens is 2. The van der Waals surface area contributed by atoms with E-state index in [0.29, 0.717) is 38.5 Å². The van der Waals surface area contributed by atoms with Gasteiger partial charge in [-0.25, -0.2) is 9.79 Å². The van der Waals surface area contributed by atoms with E-state index in [1.54, 1.807) is 24.3 Å². The van der Waals surface area contributed by atoms with Crippen LogP contribution in [0.4, 0.5) is 5.69 Å². The summed E-state index contributed by atoms with van der Waals surface area (Å²) in [6, 6.07) is 18.6. The van der Waals surface area contributed by atoms with Gasteiger partial charge in [-0.3, -0.25) is 4.98 Å². The lowest BCUT2D eigenvalue weighted by Crippen LogP contribution is -2.11. The minimum Gasteiger partial charge on any atom is -0.494 e. The van der Waals surface area contributed by atoms with Gasteiger partial charge < -0.3 is 19.8 Å². The van der Waals surface area contributed by atoms with Crippen molar-refractivity contribution in [1.82, 2.24) is 15.3 Å². The third-order valence-electron chi connectivity index (χ3n) is 5.43. The second-order valence-corrected chi connectivity index (χ2v) is 8.11. The molecule has 0 saturated heterocycles. The topological polar surface area (TPSA) is 106 Å². The second-order valence-electron chi connectivity index (χ2n) is 7.67. The highest BCUT2D eigenvalue weighted by molar-refractivity contribution is 6.31. The normalized spacial score (nSPS) is 12.1. The van der Waals surface area contributed by atoms with Crippen LogP contribution >= 0.6 is 11.6 Å². The van der Waals surface area contributed by atoms with Gasteiger partial charge in [-0.05, 0) is 48.5 Å². The van der Waals surface area contributed by atoms with Gasteiger partial charge in [0.05, 0.1) is 28.0 Å². The molecule has 0 atom stereocenters. The highest BCUT2D eigenvalue weighted by Gasteiger charge is 2.20. The van der Waals surface area contributed by atoms with Crippen molar-refractivity contribution in [2.24, 2.45) is 4.99 Å². The highest BCUT2D eigenvalue weighted by atomic mass is 35.5. The third-order valence-corrected chi connectivity index (χ3v) is 5.66. The summed E-state index contributed by atoms with van der Waals surface area (Å²) in [4.78, 5) is 22.2. The minimum atomic E-state index is -0.526. The van der Waals surface area contributed by atoms with Crippen molar-refractivity contribution in [3.8, 4) is 5.88 Å². The van der Waals surface area contributed by atoms with Crippen LogP contribution in [-0.2, 0) is 6.54 Å². The molecule has 5 aromatic rings. The molecule has 0 saturated carbocycles. The van der Waals surface area contributed by atoms with E-state index in [0.717, 1.165) is 29.7 Å². The summed E-state index contributed by atoms with van der Waals surface area (Å²) in [6.07, 6.45) is 0. The fourth-order valence-electron chi connectivity index (χ4n) is 3.84. The first-order valence-electron chi connectivity index (χ1n) is 10.5. The first-order valence-corrected chi connectivity index (χ1v) is 10.9. The molecule has 0 unspecified atom stereocenters. The number of benzene rings is 3. The van der Waals surface area contributed by atoms with Crippen molar-refractivity contribution in [3.63, 3.8) is 0 Å². The van der Waals surface area contributed by atoms with E-state index >= 15 is 0 Å². The molecule has 4 N–H and O–H groups in total. The van der Waals surface area contributed by atoms with Crippen molar-refractivity contribution in [1.29, 1.82) is 0 Å². The van der Waals surface area contributed by atoms with Gasteiger partial charge in [0.1, 0.15) is 0 Å². The minimum absolute atomic E-state index is 0.0228. The first kappa shape index (κ1) is 21.1. The van der Waals surface area contributed by atoms with Gasteiger partial charge in [-0.1, -0.05) is 42.8 Å². The first-order chi connectivity index (χ1) is 16.0. The number of fused-ring (bicyclic) bond motifs is 2. The maximum absolute atomic E-state index is 11.6. The van der Waals surface area contributed by atoms with Crippen LogP contribution < -0.4 is 11.1 Å². The Kier molecular flexibility index (Phi) is 5.50. The lowest BCUT2D eigenvalue weighted by molar-refractivity contribution is 0.457. The van der Waals surface area contributed by atoms with Crippen LogP contribution in [0.3, 0.4) is 0 Å². The predicted octanol–water partition coefficient (Wildman–Crippen LogP) is 5.24. The summed E-state index contributed by atoms with van der Waals surface area (Å²) in [5, 5.41) is 15.5. The van der Waals surface area contributed by atoms with Crippen LogP contribution in [-0.4, -0.2) is 27.3 Å². The zero-order valence-corrected chi connectivity index (χ0v) is 18.5. The van der Waals surface area contributed by atoms with E-state index in [2.05, 4.69) is 22.2 Å². The molecular formula is C25H21ClN4O3. The number of aromatic hydroxyl groups is 1. The fourth-order valence-corrected chi connectivity index (χ4v) is 4.01. The third kappa shape index (κ3) is 4.16. The Hall–Kier alpha value is -3.81. The Labute approximate surface area is 193 Å². The quantitative estimate of drug-likeness (QED) is 0.260. The molecule has 0 amide bonds. The predicted molar refractivity (Wildman–Crippen MR) is 131 cm³/mol. The number of oxazole rings is 1. The van der Waals surface area contributed by atoms with Gasteiger partial charge in [0.2, 0.25) is 0 Å². The van der Waals surface area contributed by atoms with Crippen molar-refractivity contribution >= 4 is 45.0 Å². The maximum atomic E-state index is 11.6.